The zero-order valence-electron chi connectivity index (χ0n) is 33.1. The van der Waals surface area contributed by atoms with Crippen LogP contribution in [0.1, 0.15) is 0 Å². The highest BCUT2D eigenvalue weighted by atomic mass is 16.3. The van der Waals surface area contributed by atoms with Gasteiger partial charge >= 0.3 is 0 Å². The van der Waals surface area contributed by atoms with E-state index in [2.05, 4.69) is 188 Å². The Morgan fingerprint density at radius 1 is 0.262 bits per heavy atom. The Labute approximate surface area is 352 Å². The lowest BCUT2D eigenvalue weighted by Crippen LogP contribution is -1.96. The minimum absolute atomic E-state index is 0.685. The lowest BCUT2D eigenvalue weighted by atomic mass is 9.88. The number of fused-ring (bicyclic) bond motifs is 7. The lowest BCUT2D eigenvalue weighted by Gasteiger charge is -2.15. The summed E-state index contributed by atoms with van der Waals surface area (Å²) in [6.07, 6.45) is 0. The number of hydrogen-bond donors (Lipinski definition) is 0. The number of furan rings is 1. The summed E-state index contributed by atoms with van der Waals surface area (Å²) in [6, 6.07) is 77.7. The molecule has 12 rings (SSSR count). The lowest BCUT2D eigenvalue weighted by molar-refractivity contribution is 0.669. The Bertz CT molecular complexity index is 3660. The third-order valence-electron chi connectivity index (χ3n) is 12.0. The number of hydrogen-bond acceptors (Lipinski definition) is 3. The predicted octanol–water partition coefficient (Wildman–Crippen LogP) is 15.8. The first-order valence-electron chi connectivity index (χ1n) is 20.7. The molecular formula is C58H36N2O. The molecule has 12 aromatic rings. The van der Waals surface area contributed by atoms with E-state index in [0.29, 0.717) is 5.82 Å². The van der Waals surface area contributed by atoms with Crippen LogP contribution in [-0.4, -0.2) is 9.97 Å². The normalized spacial score (nSPS) is 11.6. The van der Waals surface area contributed by atoms with E-state index in [9.17, 15) is 0 Å². The summed E-state index contributed by atoms with van der Waals surface area (Å²) in [6.45, 7) is 0. The van der Waals surface area contributed by atoms with E-state index in [1.807, 2.05) is 30.3 Å². The van der Waals surface area contributed by atoms with Crippen LogP contribution < -0.4 is 0 Å². The molecule has 0 aliphatic heterocycles. The second-order valence-corrected chi connectivity index (χ2v) is 15.7. The number of para-hydroxylation sites is 1. The number of nitrogens with zero attached hydrogens (tertiary/aromatic N) is 2. The Kier molecular flexibility index (Phi) is 8.17. The highest BCUT2D eigenvalue weighted by Crippen LogP contribution is 2.41. The van der Waals surface area contributed by atoms with Crippen molar-refractivity contribution >= 4 is 54.3 Å². The standard InChI is InChI=1S/C58H36N2O/c1-2-14-38(15-3-1)58-59-53(36-54(60-58)45-21-11-18-40(32-45)42-28-29-50-49-25-8-9-26-55(49)61-56(50)35-42)44-20-10-17-39(31-44)41-19-12-22-46(33-41)57-48-24-7-5-16-43(48)34-52-47-23-6-4-13-37(47)27-30-51(52)57/h1-36H. The number of aromatic nitrogens is 2. The van der Waals surface area contributed by atoms with Gasteiger partial charge in [0.05, 0.1) is 11.4 Å². The molecule has 0 aliphatic rings. The first-order valence-corrected chi connectivity index (χ1v) is 20.7. The van der Waals surface area contributed by atoms with Gasteiger partial charge in [-0.2, -0.15) is 0 Å². The Morgan fingerprint density at radius 2 is 0.787 bits per heavy atom. The van der Waals surface area contributed by atoms with E-state index < -0.39 is 0 Å². The van der Waals surface area contributed by atoms with Crippen LogP contribution in [0.5, 0.6) is 0 Å². The molecule has 0 N–H and O–H groups in total. The maximum Gasteiger partial charge on any atom is 0.160 e. The summed E-state index contributed by atoms with van der Waals surface area (Å²) >= 11 is 0. The highest BCUT2D eigenvalue weighted by Gasteiger charge is 2.16. The molecule has 0 radical (unpaired) electrons. The summed E-state index contributed by atoms with van der Waals surface area (Å²) in [5, 5.41) is 9.77. The van der Waals surface area contributed by atoms with E-state index in [4.69, 9.17) is 14.4 Å². The van der Waals surface area contributed by atoms with Crippen molar-refractivity contribution in [1.82, 2.24) is 9.97 Å². The van der Waals surface area contributed by atoms with Crippen LogP contribution in [0.25, 0.3) is 122 Å². The molecule has 3 heteroatoms. The molecular weight excluding hydrogens is 741 g/mol. The van der Waals surface area contributed by atoms with E-state index >= 15 is 0 Å². The predicted molar refractivity (Wildman–Crippen MR) is 254 cm³/mol. The van der Waals surface area contributed by atoms with Crippen LogP contribution in [0.15, 0.2) is 223 Å². The average molecular weight is 777 g/mol. The van der Waals surface area contributed by atoms with Gasteiger partial charge in [-0.05, 0) is 114 Å². The van der Waals surface area contributed by atoms with Gasteiger partial charge in [-0.25, -0.2) is 9.97 Å². The third kappa shape index (κ3) is 6.14. The summed E-state index contributed by atoms with van der Waals surface area (Å²) in [5.74, 6) is 0.685. The van der Waals surface area contributed by atoms with Gasteiger partial charge in [-0.3, -0.25) is 0 Å². The maximum absolute atomic E-state index is 6.26. The molecule has 0 saturated heterocycles. The number of rotatable bonds is 6. The molecule has 2 heterocycles. The van der Waals surface area contributed by atoms with Crippen molar-refractivity contribution in [1.29, 1.82) is 0 Å². The SMILES string of the molecule is c1ccc(-c2nc(-c3cccc(-c4cccc(-c5c6ccccc6cc6c5ccc5ccccc56)c4)c3)cc(-c3cccc(-c4ccc5c(c4)oc4ccccc45)c3)n2)cc1. The molecule has 0 spiro atoms. The molecule has 0 amide bonds. The van der Waals surface area contributed by atoms with Gasteiger partial charge < -0.3 is 4.42 Å². The molecule has 0 atom stereocenters. The van der Waals surface area contributed by atoms with Crippen molar-refractivity contribution < 1.29 is 4.42 Å². The van der Waals surface area contributed by atoms with E-state index in [1.165, 1.54) is 43.4 Å². The van der Waals surface area contributed by atoms with Gasteiger partial charge in [0.1, 0.15) is 11.2 Å². The fraction of sp³-hybridized carbons (Fsp3) is 0. The smallest absolute Gasteiger partial charge is 0.160 e. The van der Waals surface area contributed by atoms with Crippen molar-refractivity contribution in [3.63, 3.8) is 0 Å². The molecule has 2 aromatic heterocycles. The van der Waals surface area contributed by atoms with Crippen LogP contribution >= 0.6 is 0 Å². The third-order valence-corrected chi connectivity index (χ3v) is 12.0. The molecule has 61 heavy (non-hydrogen) atoms. The number of benzene rings is 10. The highest BCUT2D eigenvalue weighted by molar-refractivity contribution is 6.20. The van der Waals surface area contributed by atoms with Gasteiger partial charge in [0.15, 0.2) is 5.82 Å². The van der Waals surface area contributed by atoms with Crippen molar-refractivity contribution in [2.45, 2.75) is 0 Å². The first-order chi connectivity index (χ1) is 30.2. The molecule has 3 nitrogen and oxygen atoms in total. The molecule has 10 aromatic carbocycles. The van der Waals surface area contributed by atoms with E-state index in [-0.39, 0.29) is 0 Å². The quantitative estimate of drug-likeness (QED) is 0.125. The zero-order valence-corrected chi connectivity index (χ0v) is 33.1. The van der Waals surface area contributed by atoms with Gasteiger partial charge in [-0.1, -0.05) is 170 Å². The van der Waals surface area contributed by atoms with Crippen molar-refractivity contribution in [3.05, 3.63) is 218 Å². The second-order valence-electron chi connectivity index (χ2n) is 15.7. The average Bonchev–Trinajstić information content (AvgIpc) is 3.71. The van der Waals surface area contributed by atoms with Crippen LogP contribution in [0.3, 0.4) is 0 Å². The first kappa shape index (κ1) is 34.9. The minimum Gasteiger partial charge on any atom is -0.456 e. The second kappa shape index (κ2) is 14.3. The van der Waals surface area contributed by atoms with E-state index in [0.717, 1.165) is 72.3 Å². The van der Waals surface area contributed by atoms with Crippen molar-refractivity contribution in [2.75, 3.05) is 0 Å². The molecule has 0 unspecified atom stereocenters. The Balaban J connectivity index is 0.960. The Hall–Kier alpha value is -8.14. The van der Waals surface area contributed by atoms with Crippen LogP contribution in [0, 0.1) is 0 Å². The molecule has 284 valence electrons. The summed E-state index contributed by atoms with van der Waals surface area (Å²) in [5.41, 5.74) is 13.4. The topological polar surface area (TPSA) is 38.9 Å². The maximum atomic E-state index is 6.26. The molecule has 0 aliphatic carbocycles. The van der Waals surface area contributed by atoms with Crippen LogP contribution in [0.2, 0.25) is 0 Å². The van der Waals surface area contributed by atoms with Crippen molar-refractivity contribution in [3.8, 4) is 67.3 Å². The van der Waals surface area contributed by atoms with Crippen LogP contribution in [0.4, 0.5) is 0 Å². The van der Waals surface area contributed by atoms with Gasteiger partial charge in [-0.15, -0.1) is 0 Å². The van der Waals surface area contributed by atoms with Gasteiger partial charge in [0.2, 0.25) is 0 Å². The summed E-state index contributed by atoms with van der Waals surface area (Å²) in [7, 11) is 0. The van der Waals surface area contributed by atoms with Gasteiger partial charge in [0, 0.05) is 27.5 Å². The fourth-order valence-corrected chi connectivity index (χ4v) is 9.07. The monoisotopic (exact) mass is 776 g/mol. The summed E-state index contributed by atoms with van der Waals surface area (Å²) < 4.78 is 6.26. The van der Waals surface area contributed by atoms with Crippen LogP contribution in [-0.2, 0) is 0 Å². The van der Waals surface area contributed by atoms with E-state index in [1.54, 1.807) is 0 Å². The molecule has 0 fully saturated rings. The summed E-state index contributed by atoms with van der Waals surface area (Å²) in [4.78, 5) is 10.4. The fourth-order valence-electron chi connectivity index (χ4n) is 9.07. The largest absolute Gasteiger partial charge is 0.456 e. The van der Waals surface area contributed by atoms with Gasteiger partial charge in [0.25, 0.3) is 0 Å². The Morgan fingerprint density at radius 3 is 1.52 bits per heavy atom. The van der Waals surface area contributed by atoms with Crippen molar-refractivity contribution in [2.24, 2.45) is 0 Å². The minimum atomic E-state index is 0.685. The molecule has 0 bridgehead atoms. The molecule has 0 saturated carbocycles. The zero-order chi connectivity index (χ0) is 40.3.